The van der Waals surface area contributed by atoms with E-state index in [2.05, 4.69) is 62.5 Å². The second-order valence-corrected chi connectivity index (χ2v) is 23.1. The highest BCUT2D eigenvalue weighted by atomic mass is 31.2. The quantitative estimate of drug-likeness (QED) is 0.0195. The maximum atomic E-state index is 12.8. The first-order valence-electron chi connectivity index (χ1n) is 30.3. The van der Waals surface area contributed by atoms with Gasteiger partial charge in [0.25, 0.3) is 7.82 Å². The molecular formula is C62H116NO8P. The molecule has 0 aliphatic rings. The minimum Gasteiger partial charge on any atom is -0.756 e. The predicted molar refractivity (Wildman–Crippen MR) is 305 cm³/mol. The normalized spacial score (nSPS) is 13.6. The molecule has 72 heavy (non-hydrogen) atoms. The van der Waals surface area contributed by atoms with Gasteiger partial charge in [-0.2, -0.15) is 0 Å². The van der Waals surface area contributed by atoms with Gasteiger partial charge >= 0.3 is 11.9 Å². The highest BCUT2D eigenvalue weighted by molar-refractivity contribution is 7.45. The third-order valence-corrected chi connectivity index (χ3v) is 14.3. The molecule has 0 rings (SSSR count). The molecule has 422 valence electrons. The van der Waals surface area contributed by atoms with Crippen molar-refractivity contribution in [3.63, 3.8) is 0 Å². The van der Waals surface area contributed by atoms with E-state index in [9.17, 15) is 19.0 Å². The molecule has 0 spiro atoms. The van der Waals surface area contributed by atoms with Gasteiger partial charge in [0.05, 0.1) is 27.7 Å². The van der Waals surface area contributed by atoms with E-state index in [0.29, 0.717) is 17.4 Å². The topological polar surface area (TPSA) is 111 Å². The van der Waals surface area contributed by atoms with Gasteiger partial charge in [-0.15, -0.1) is 0 Å². The second kappa shape index (κ2) is 53.8. The molecule has 0 saturated carbocycles. The lowest BCUT2D eigenvalue weighted by Crippen LogP contribution is -2.37. The summed E-state index contributed by atoms with van der Waals surface area (Å²) >= 11 is 0. The summed E-state index contributed by atoms with van der Waals surface area (Å²) in [6.07, 6.45) is 67.4. The number of unbranched alkanes of at least 4 members (excludes halogenated alkanes) is 34. The summed E-state index contributed by atoms with van der Waals surface area (Å²) in [5.74, 6) is -0.832. The number of phosphoric ester groups is 1. The maximum absolute atomic E-state index is 12.8. The molecular weight excluding hydrogens is 918 g/mol. The molecule has 2 atom stereocenters. The van der Waals surface area contributed by atoms with Crippen molar-refractivity contribution >= 4 is 19.8 Å². The van der Waals surface area contributed by atoms with Crippen LogP contribution in [0, 0.1) is 0 Å². The van der Waals surface area contributed by atoms with Crippen molar-refractivity contribution in [3.05, 3.63) is 48.6 Å². The van der Waals surface area contributed by atoms with Gasteiger partial charge in [-0.05, 0) is 77.0 Å². The molecule has 0 saturated heterocycles. The number of carbonyl (C=O) groups is 2. The number of quaternary nitrogens is 1. The lowest BCUT2D eigenvalue weighted by molar-refractivity contribution is -0.870. The molecule has 0 aliphatic carbocycles. The van der Waals surface area contributed by atoms with Gasteiger partial charge < -0.3 is 27.9 Å². The highest BCUT2D eigenvalue weighted by Crippen LogP contribution is 2.38. The molecule has 0 bridgehead atoms. The van der Waals surface area contributed by atoms with Gasteiger partial charge in [0.1, 0.15) is 19.8 Å². The molecule has 9 nitrogen and oxygen atoms in total. The van der Waals surface area contributed by atoms with Crippen molar-refractivity contribution < 1.29 is 42.1 Å². The standard InChI is InChI=1S/C62H116NO8P/c1-6-8-10-12-14-16-18-20-22-24-25-26-27-28-29-30-31-32-33-34-35-36-37-39-41-43-45-47-49-51-53-55-62(65)71-60(59-70-72(66,67)69-57-56-63(3,4)5)58-68-61(64)54-52-50-48-46-44-42-40-38-23-21-19-17-15-13-11-9-7-2/h15,17-18,20-21,23-25,60H,6-14,16,19,22,26-59H2,1-5H3/b17-15-,20-18-,23-21-,25-24-. The van der Waals surface area contributed by atoms with Gasteiger partial charge in [0.2, 0.25) is 0 Å². The van der Waals surface area contributed by atoms with Crippen LogP contribution >= 0.6 is 7.82 Å². The number of allylic oxidation sites excluding steroid dienone is 8. The molecule has 0 radical (unpaired) electrons. The number of likely N-dealkylation sites (N-methyl/N-ethyl adjacent to an activating group) is 1. The van der Waals surface area contributed by atoms with Gasteiger partial charge in [0.15, 0.2) is 6.10 Å². The van der Waals surface area contributed by atoms with E-state index in [0.717, 1.165) is 64.2 Å². The zero-order chi connectivity index (χ0) is 52.7. The van der Waals surface area contributed by atoms with E-state index in [1.165, 1.54) is 186 Å². The summed E-state index contributed by atoms with van der Waals surface area (Å²) < 4.78 is 34.2. The number of rotatable bonds is 56. The Morgan fingerprint density at radius 2 is 0.750 bits per heavy atom. The minimum atomic E-state index is -4.64. The van der Waals surface area contributed by atoms with Crippen molar-refractivity contribution in [2.24, 2.45) is 0 Å². The molecule has 0 aromatic carbocycles. The summed E-state index contributed by atoms with van der Waals surface area (Å²) in [5, 5.41) is 0. The molecule has 10 heteroatoms. The summed E-state index contributed by atoms with van der Waals surface area (Å²) in [6, 6.07) is 0. The predicted octanol–water partition coefficient (Wildman–Crippen LogP) is 18.3. The molecule has 0 heterocycles. The zero-order valence-corrected chi connectivity index (χ0v) is 48.8. The summed E-state index contributed by atoms with van der Waals surface area (Å²) in [7, 11) is 1.17. The van der Waals surface area contributed by atoms with Gasteiger partial charge in [-0.3, -0.25) is 14.2 Å². The number of hydrogen-bond donors (Lipinski definition) is 0. The number of nitrogens with zero attached hydrogens (tertiary/aromatic N) is 1. The van der Waals surface area contributed by atoms with E-state index in [-0.39, 0.29) is 32.0 Å². The highest BCUT2D eigenvalue weighted by Gasteiger charge is 2.22. The first-order chi connectivity index (χ1) is 35.0. The van der Waals surface area contributed by atoms with E-state index in [1.807, 2.05) is 21.1 Å². The van der Waals surface area contributed by atoms with E-state index >= 15 is 0 Å². The fourth-order valence-corrected chi connectivity index (χ4v) is 9.33. The summed E-state index contributed by atoms with van der Waals surface area (Å²) in [6.45, 7) is 4.23. The molecule has 0 aliphatic heterocycles. The van der Waals surface area contributed by atoms with Crippen molar-refractivity contribution in [1.82, 2.24) is 0 Å². The van der Waals surface area contributed by atoms with Crippen LogP contribution in [0.5, 0.6) is 0 Å². The number of ether oxygens (including phenoxy) is 2. The molecule has 0 aromatic heterocycles. The maximum Gasteiger partial charge on any atom is 0.306 e. The summed E-state index contributed by atoms with van der Waals surface area (Å²) in [4.78, 5) is 37.9. The van der Waals surface area contributed by atoms with Gasteiger partial charge in [-0.25, -0.2) is 0 Å². The molecule has 0 fully saturated rings. The smallest absolute Gasteiger partial charge is 0.306 e. The number of phosphoric acid groups is 1. The zero-order valence-electron chi connectivity index (χ0n) is 47.9. The number of carbonyl (C=O) groups excluding carboxylic acids is 2. The lowest BCUT2D eigenvalue weighted by Gasteiger charge is -2.28. The van der Waals surface area contributed by atoms with Crippen LogP contribution in [0.1, 0.15) is 284 Å². The first kappa shape index (κ1) is 70.0. The third-order valence-electron chi connectivity index (χ3n) is 13.3. The van der Waals surface area contributed by atoms with Crippen LogP contribution < -0.4 is 4.89 Å². The third kappa shape index (κ3) is 57.3. The van der Waals surface area contributed by atoms with Crippen LogP contribution in [0.25, 0.3) is 0 Å². The average Bonchev–Trinajstić information content (AvgIpc) is 3.34. The summed E-state index contributed by atoms with van der Waals surface area (Å²) in [5.41, 5.74) is 0. The van der Waals surface area contributed by atoms with E-state index in [4.69, 9.17) is 18.5 Å². The molecule has 0 amide bonds. The fourth-order valence-electron chi connectivity index (χ4n) is 8.60. The lowest BCUT2D eigenvalue weighted by atomic mass is 10.0. The first-order valence-corrected chi connectivity index (χ1v) is 31.8. The molecule has 2 unspecified atom stereocenters. The molecule has 0 N–H and O–H groups in total. The molecule has 0 aromatic rings. The van der Waals surface area contributed by atoms with Crippen LogP contribution in [0.15, 0.2) is 48.6 Å². The Bertz CT molecular complexity index is 1360. The van der Waals surface area contributed by atoms with Crippen LogP contribution in [-0.4, -0.2) is 70.0 Å². The monoisotopic (exact) mass is 1030 g/mol. The SMILES string of the molecule is CCCCC/C=C\C/C=C\CCCCCCCCCC(=O)OCC(COP(=O)([O-])OCC[N+](C)(C)C)OC(=O)CCCCCCCCCCCCCCCCCCCCC/C=C\C/C=C\CCCCCCC. The Morgan fingerprint density at radius 1 is 0.431 bits per heavy atom. The Kier molecular flexibility index (Phi) is 52.3. The van der Waals surface area contributed by atoms with E-state index < -0.39 is 26.5 Å². The Hall–Kier alpha value is -2.03. The number of esters is 2. The van der Waals surface area contributed by atoms with Gasteiger partial charge in [0, 0.05) is 12.8 Å². The Labute approximate surface area is 445 Å². The Morgan fingerprint density at radius 3 is 1.12 bits per heavy atom. The average molecular weight is 1030 g/mol. The van der Waals surface area contributed by atoms with Crippen LogP contribution in [0.2, 0.25) is 0 Å². The van der Waals surface area contributed by atoms with Crippen LogP contribution in [0.3, 0.4) is 0 Å². The number of hydrogen-bond acceptors (Lipinski definition) is 8. The van der Waals surface area contributed by atoms with Crippen LogP contribution in [0.4, 0.5) is 0 Å². The van der Waals surface area contributed by atoms with Crippen molar-refractivity contribution in [3.8, 4) is 0 Å². The van der Waals surface area contributed by atoms with E-state index in [1.54, 1.807) is 0 Å². The van der Waals surface area contributed by atoms with Crippen molar-refractivity contribution in [2.75, 3.05) is 47.5 Å². The fraction of sp³-hybridized carbons (Fsp3) is 0.839. The second-order valence-electron chi connectivity index (χ2n) is 21.7. The Balaban J connectivity index is 4.05. The minimum absolute atomic E-state index is 0.0316. The van der Waals surface area contributed by atoms with Crippen molar-refractivity contribution in [2.45, 2.75) is 290 Å². The largest absolute Gasteiger partial charge is 0.756 e. The van der Waals surface area contributed by atoms with Crippen molar-refractivity contribution in [1.29, 1.82) is 0 Å². The van der Waals surface area contributed by atoms with Crippen LogP contribution in [-0.2, 0) is 32.7 Å². The van der Waals surface area contributed by atoms with Gasteiger partial charge in [-0.1, -0.05) is 242 Å².